The SMILES string of the molecule is CCCCCCNC(=O)c1ccc2c(c1)NC(=O)C(CSCc1ccccc1Cl)N2. The van der Waals surface area contributed by atoms with Crippen LogP contribution in [0, 0.1) is 0 Å². The summed E-state index contributed by atoms with van der Waals surface area (Å²) in [5.41, 5.74) is 3.09. The number of halogens is 1. The maximum atomic E-state index is 12.5. The first-order valence-corrected chi connectivity index (χ1v) is 11.9. The van der Waals surface area contributed by atoms with E-state index in [1.54, 1.807) is 23.9 Å². The van der Waals surface area contributed by atoms with Gasteiger partial charge in [0.15, 0.2) is 0 Å². The lowest BCUT2D eigenvalue weighted by Crippen LogP contribution is -2.40. The molecule has 160 valence electrons. The summed E-state index contributed by atoms with van der Waals surface area (Å²) in [7, 11) is 0. The van der Waals surface area contributed by atoms with Crippen molar-refractivity contribution in [2.75, 3.05) is 22.9 Å². The fourth-order valence-electron chi connectivity index (χ4n) is 3.26. The second kappa shape index (κ2) is 11.3. The van der Waals surface area contributed by atoms with Gasteiger partial charge in [-0.2, -0.15) is 11.8 Å². The molecule has 3 rings (SSSR count). The highest BCUT2D eigenvalue weighted by molar-refractivity contribution is 7.98. The van der Waals surface area contributed by atoms with Crippen molar-refractivity contribution >= 4 is 46.6 Å². The first-order valence-electron chi connectivity index (χ1n) is 10.4. The number of carbonyl (C=O) groups excluding carboxylic acids is 2. The Kier molecular flexibility index (Phi) is 8.46. The molecule has 2 aromatic rings. The van der Waals surface area contributed by atoms with Crippen LogP contribution in [0.2, 0.25) is 5.02 Å². The number of benzene rings is 2. The first-order chi connectivity index (χ1) is 14.6. The molecule has 0 fully saturated rings. The fraction of sp³-hybridized carbons (Fsp3) is 0.391. The number of nitrogens with one attached hydrogen (secondary N) is 3. The van der Waals surface area contributed by atoms with E-state index in [9.17, 15) is 9.59 Å². The Morgan fingerprint density at radius 3 is 2.77 bits per heavy atom. The fourth-order valence-corrected chi connectivity index (χ4v) is 4.60. The maximum Gasteiger partial charge on any atom is 0.251 e. The van der Waals surface area contributed by atoms with Crippen LogP contribution in [0.4, 0.5) is 11.4 Å². The molecular weight excluding hydrogens is 418 g/mol. The molecule has 1 aliphatic rings. The molecule has 2 amide bonds. The van der Waals surface area contributed by atoms with Crippen molar-refractivity contribution in [1.29, 1.82) is 0 Å². The standard InChI is InChI=1S/C23H28ClN3O2S/c1-2-3-4-7-12-25-22(28)16-10-11-19-20(13-16)27-23(29)21(26-19)15-30-14-17-8-5-6-9-18(17)24/h5-6,8-11,13,21,26H,2-4,7,12,14-15H2,1H3,(H,25,28)(H,27,29). The molecule has 0 aromatic heterocycles. The quantitative estimate of drug-likeness (QED) is 0.433. The molecule has 0 radical (unpaired) electrons. The van der Waals surface area contributed by atoms with Crippen LogP contribution < -0.4 is 16.0 Å². The number of amides is 2. The van der Waals surface area contributed by atoms with E-state index in [1.165, 1.54) is 12.8 Å². The molecule has 1 heterocycles. The molecule has 0 saturated heterocycles. The Morgan fingerprint density at radius 2 is 1.97 bits per heavy atom. The molecule has 0 saturated carbocycles. The molecule has 5 nitrogen and oxygen atoms in total. The maximum absolute atomic E-state index is 12.5. The Morgan fingerprint density at radius 1 is 1.13 bits per heavy atom. The molecule has 3 N–H and O–H groups in total. The molecule has 1 aliphatic heterocycles. The van der Waals surface area contributed by atoms with Gasteiger partial charge in [-0.3, -0.25) is 9.59 Å². The lowest BCUT2D eigenvalue weighted by Gasteiger charge is -2.27. The van der Waals surface area contributed by atoms with Crippen molar-refractivity contribution in [3.8, 4) is 0 Å². The molecule has 1 unspecified atom stereocenters. The normalized spacial score (nSPS) is 15.1. The minimum atomic E-state index is -0.330. The van der Waals surface area contributed by atoms with E-state index in [2.05, 4.69) is 22.9 Å². The molecule has 1 atom stereocenters. The van der Waals surface area contributed by atoms with Crippen LogP contribution >= 0.6 is 23.4 Å². The molecule has 7 heteroatoms. The Hall–Kier alpha value is -2.18. The number of rotatable bonds is 10. The van der Waals surface area contributed by atoms with Crippen LogP contribution in [0.5, 0.6) is 0 Å². The summed E-state index contributed by atoms with van der Waals surface area (Å²) in [6.45, 7) is 2.83. The summed E-state index contributed by atoms with van der Waals surface area (Å²) in [4.78, 5) is 24.9. The number of anilines is 2. The van der Waals surface area contributed by atoms with Crippen LogP contribution in [0.3, 0.4) is 0 Å². The van der Waals surface area contributed by atoms with Crippen molar-refractivity contribution in [3.63, 3.8) is 0 Å². The third-order valence-electron chi connectivity index (χ3n) is 5.00. The summed E-state index contributed by atoms with van der Waals surface area (Å²) in [5, 5.41) is 9.90. The van der Waals surface area contributed by atoms with E-state index in [-0.39, 0.29) is 17.9 Å². The molecule has 0 aliphatic carbocycles. The van der Waals surface area contributed by atoms with Crippen LogP contribution in [-0.4, -0.2) is 30.2 Å². The summed E-state index contributed by atoms with van der Waals surface area (Å²) in [6, 6.07) is 12.8. The highest BCUT2D eigenvalue weighted by Crippen LogP contribution is 2.29. The summed E-state index contributed by atoms with van der Waals surface area (Å²) < 4.78 is 0. The summed E-state index contributed by atoms with van der Waals surface area (Å²) in [6.07, 6.45) is 4.46. The van der Waals surface area contributed by atoms with Crippen LogP contribution in [0.15, 0.2) is 42.5 Å². The minimum absolute atomic E-state index is 0.0914. The zero-order chi connectivity index (χ0) is 21.3. The van der Waals surface area contributed by atoms with E-state index >= 15 is 0 Å². The lowest BCUT2D eigenvalue weighted by molar-refractivity contribution is -0.116. The second-order valence-electron chi connectivity index (χ2n) is 7.37. The van der Waals surface area contributed by atoms with E-state index in [1.807, 2.05) is 30.3 Å². The molecule has 0 bridgehead atoms. The average molecular weight is 446 g/mol. The summed E-state index contributed by atoms with van der Waals surface area (Å²) in [5.74, 6) is 1.17. The van der Waals surface area contributed by atoms with E-state index in [0.717, 1.165) is 34.9 Å². The van der Waals surface area contributed by atoms with Gasteiger partial charge in [0.2, 0.25) is 5.91 Å². The van der Waals surface area contributed by atoms with Gasteiger partial charge in [0.25, 0.3) is 5.91 Å². The number of hydrogen-bond acceptors (Lipinski definition) is 4. The zero-order valence-electron chi connectivity index (χ0n) is 17.2. The van der Waals surface area contributed by atoms with Gasteiger partial charge in [-0.15, -0.1) is 0 Å². The monoisotopic (exact) mass is 445 g/mol. The van der Waals surface area contributed by atoms with Crippen molar-refractivity contribution in [2.24, 2.45) is 0 Å². The summed E-state index contributed by atoms with van der Waals surface area (Å²) >= 11 is 7.85. The van der Waals surface area contributed by atoms with Gasteiger partial charge in [0, 0.05) is 28.6 Å². The lowest BCUT2D eigenvalue weighted by atomic mass is 10.1. The van der Waals surface area contributed by atoms with Crippen molar-refractivity contribution in [2.45, 2.75) is 44.4 Å². The van der Waals surface area contributed by atoms with Gasteiger partial charge in [-0.05, 0) is 36.2 Å². The predicted octanol–water partition coefficient (Wildman–Crippen LogP) is 5.32. The van der Waals surface area contributed by atoms with E-state index in [0.29, 0.717) is 23.5 Å². The second-order valence-corrected chi connectivity index (χ2v) is 8.81. The highest BCUT2D eigenvalue weighted by Gasteiger charge is 2.26. The predicted molar refractivity (Wildman–Crippen MR) is 127 cm³/mol. The van der Waals surface area contributed by atoms with Crippen LogP contribution in [0.25, 0.3) is 0 Å². The van der Waals surface area contributed by atoms with Crippen molar-refractivity contribution in [1.82, 2.24) is 5.32 Å². The minimum Gasteiger partial charge on any atom is -0.371 e. The Labute approximate surface area is 187 Å². The van der Waals surface area contributed by atoms with Crippen molar-refractivity contribution < 1.29 is 9.59 Å². The third-order valence-corrected chi connectivity index (χ3v) is 6.45. The largest absolute Gasteiger partial charge is 0.371 e. The van der Waals surface area contributed by atoms with Crippen LogP contribution in [0.1, 0.15) is 48.5 Å². The molecule has 0 spiro atoms. The average Bonchev–Trinajstić information content (AvgIpc) is 2.74. The van der Waals surface area contributed by atoms with E-state index in [4.69, 9.17) is 11.6 Å². The Bertz CT molecular complexity index is 891. The van der Waals surface area contributed by atoms with Gasteiger partial charge in [-0.1, -0.05) is 56.0 Å². The Balaban J connectivity index is 1.52. The third kappa shape index (κ3) is 6.16. The molecule has 2 aromatic carbocycles. The van der Waals surface area contributed by atoms with Crippen molar-refractivity contribution in [3.05, 3.63) is 58.6 Å². The smallest absolute Gasteiger partial charge is 0.251 e. The first kappa shape index (κ1) is 22.5. The topological polar surface area (TPSA) is 70.2 Å². The highest BCUT2D eigenvalue weighted by atomic mass is 35.5. The number of unbranched alkanes of at least 4 members (excludes halogenated alkanes) is 3. The van der Waals surface area contributed by atoms with Gasteiger partial charge < -0.3 is 16.0 Å². The number of fused-ring (bicyclic) bond motifs is 1. The van der Waals surface area contributed by atoms with Gasteiger partial charge in [-0.25, -0.2) is 0 Å². The number of carbonyl (C=O) groups is 2. The molecule has 30 heavy (non-hydrogen) atoms. The molecular formula is C23H28ClN3O2S. The number of hydrogen-bond donors (Lipinski definition) is 3. The van der Waals surface area contributed by atoms with Crippen LogP contribution in [-0.2, 0) is 10.5 Å². The van der Waals surface area contributed by atoms with Gasteiger partial charge in [0.05, 0.1) is 11.4 Å². The van der Waals surface area contributed by atoms with Gasteiger partial charge >= 0.3 is 0 Å². The van der Waals surface area contributed by atoms with Gasteiger partial charge in [0.1, 0.15) is 6.04 Å². The van der Waals surface area contributed by atoms with E-state index < -0.39 is 0 Å². The number of thioether (sulfide) groups is 1. The zero-order valence-corrected chi connectivity index (χ0v) is 18.7.